The maximum Gasteiger partial charge on any atom is 0.251 e. The minimum atomic E-state index is -0.0107. The van der Waals surface area contributed by atoms with Crippen LogP contribution in [0.1, 0.15) is 76.2 Å². The molecule has 1 fully saturated rings. The molecule has 0 aliphatic heterocycles. The summed E-state index contributed by atoms with van der Waals surface area (Å²) in [5, 5.41) is 3.37. The molecule has 4 heteroatoms. The molecular weight excluding hydrogens is 262 g/mol. The summed E-state index contributed by atoms with van der Waals surface area (Å²) < 4.78 is 0. The van der Waals surface area contributed by atoms with Crippen molar-refractivity contribution in [3.63, 3.8) is 0 Å². The number of rotatable bonds is 5. The first-order valence-electron chi connectivity index (χ1n) is 8.46. The molecule has 0 spiro atoms. The molecule has 0 aromatic carbocycles. The Morgan fingerprint density at radius 2 is 1.90 bits per heavy atom. The first kappa shape index (κ1) is 16.2. The minimum Gasteiger partial charge on any atom is -0.311 e. The maximum atomic E-state index is 11.9. The van der Waals surface area contributed by atoms with Crippen molar-refractivity contribution < 1.29 is 0 Å². The third-order valence-electron chi connectivity index (χ3n) is 4.16. The second-order valence-corrected chi connectivity index (χ2v) is 6.69. The second kappa shape index (κ2) is 8.32. The van der Waals surface area contributed by atoms with Gasteiger partial charge in [0.2, 0.25) is 0 Å². The Labute approximate surface area is 127 Å². The third-order valence-corrected chi connectivity index (χ3v) is 4.16. The molecule has 118 valence electrons. The molecule has 0 saturated heterocycles. The summed E-state index contributed by atoms with van der Waals surface area (Å²) in [6.07, 6.45) is 8.81. The van der Waals surface area contributed by atoms with Crippen LogP contribution >= 0.6 is 0 Å². The minimum absolute atomic E-state index is 0.0107. The molecule has 0 atom stereocenters. The van der Waals surface area contributed by atoms with Gasteiger partial charge >= 0.3 is 0 Å². The van der Waals surface area contributed by atoms with Crippen LogP contribution in [0.2, 0.25) is 0 Å². The fourth-order valence-corrected chi connectivity index (χ4v) is 3.03. The normalized spacial score (nSPS) is 17.7. The van der Waals surface area contributed by atoms with E-state index in [1.54, 1.807) is 6.07 Å². The van der Waals surface area contributed by atoms with Crippen LogP contribution in [0.5, 0.6) is 0 Å². The van der Waals surface area contributed by atoms with E-state index in [1.807, 2.05) is 0 Å². The molecule has 2 rings (SSSR count). The van der Waals surface area contributed by atoms with Gasteiger partial charge in [-0.05, 0) is 25.3 Å². The highest BCUT2D eigenvalue weighted by Gasteiger charge is 2.16. The molecule has 1 aromatic heterocycles. The summed E-state index contributed by atoms with van der Waals surface area (Å²) in [6, 6.07) is 1.62. The highest BCUT2D eigenvalue weighted by atomic mass is 16.1. The van der Waals surface area contributed by atoms with Gasteiger partial charge in [0.1, 0.15) is 5.82 Å². The van der Waals surface area contributed by atoms with Gasteiger partial charge in [-0.15, -0.1) is 0 Å². The largest absolute Gasteiger partial charge is 0.311 e. The summed E-state index contributed by atoms with van der Waals surface area (Å²) in [4.78, 5) is 19.6. The summed E-state index contributed by atoms with van der Waals surface area (Å²) in [7, 11) is 0. The van der Waals surface area contributed by atoms with Crippen molar-refractivity contribution in [1.82, 2.24) is 15.3 Å². The Bertz CT molecular complexity index is 473. The zero-order valence-corrected chi connectivity index (χ0v) is 13.5. The lowest BCUT2D eigenvalue weighted by Gasteiger charge is -2.19. The second-order valence-electron chi connectivity index (χ2n) is 6.69. The molecule has 1 aliphatic rings. The van der Waals surface area contributed by atoms with Gasteiger partial charge < -0.3 is 10.3 Å². The molecule has 2 N–H and O–H groups in total. The van der Waals surface area contributed by atoms with Crippen molar-refractivity contribution in [2.45, 2.75) is 71.3 Å². The maximum absolute atomic E-state index is 11.9. The number of H-pyrrole nitrogens is 1. The van der Waals surface area contributed by atoms with Gasteiger partial charge in [0.15, 0.2) is 0 Å². The summed E-state index contributed by atoms with van der Waals surface area (Å²) >= 11 is 0. The predicted octanol–water partition coefficient (Wildman–Crippen LogP) is 3.34. The Morgan fingerprint density at radius 3 is 2.57 bits per heavy atom. The van der Waals surface area contributed by atoms with Crippen LogP contribution in [-0.4, -0.2) is 16.5 Å². The number of aromatic nitrogens is 2. The third kappa shape index (κ3) is 5.62. The number of hydrogen-bond donors (Lipinski definition) is 2. The first-order chi connectivity index (χ1) is 10.1. The fraction of sp³-hybridized carbons (Fsp3) is 0.765. The lowest BCUT2D eigenvalue weighted by molar-refractivity contribution is 0.440. The fourth-order valence-electron chi connectivity index (χ4n) is 3.03. The molecule has 0 unspecified atom stereocenters. The van der Waals surface area contributed by atoms with Crippen molar-refractivity contribution in [3.05, 3.63) is 27.9 Å². The van der Waals surface area contributed by atoms with Gasteiger partial charge in [0, 0.05) is 18.5 Å². The number of aromatic amines is 1. The van der Waals surface area contributed by atoms with Gasteiger partial charge in [-0.3, -0.25) is 4.79 Å². The van der Waals surface area contributed by atoms with Gasteiger partial charge in [-0.2, -0.15) is 0 Å². The van der Waals surface area contributed by atoms with Crippen LogP contribution in [0, 0.1) is 5.92 Å². The SMILES string of the molecule is CC(C)CNCc1cc(=O)[nH]c(C2CCCCCCC2)n1. The Kier molecular flexibility index (Phi) is 6.43. The zero-order valence-electron chi connectivity index (χ0n) is 13.5. The quantitative estimate of drug-likeness (QED) is 0.874. The Balaban J connectivity index is 2.04. The lowest BCUT2D eigenvalue weighted by Crippen LogP contribution is -2.23. The zero-order chi connectivity index (χ0) is 15.1. The van der Waals surface area contributed by atoms with Crippen LogP contribution in [0.25, 0.3) is 0 Å². The van der Waals surface area contributed by atoms with Crippen LogP contribution in [0.4, 0.5) is 0 Å². The molecule has 4 nitrogen and oxygen atoms in total. The highest BCUT2D eigenvalue weighted by Crippen LogP contribution is 2.28. The van der Waals surface area contributed by atoms with Crippen molar-refractivity contribution >= 4 is 0 Å². The average molecular weight is 291 g/mol. The van der Waals surface area contributed by atoms with Gasteiger partial charge in [-0.1, -0.05) is 46.0 Å². The molecule has 0 radical (unpaired) electrons. The Morgan fingerprint density at radius 1 is 1.24 bits per heavy atom. The van der Waals surface area contributed by atoms with Crippen molar-refractivity contribution in [2.24, 2.45) is 5.92 Å². The summed E-state index contributed by atoms with van der Waals surface area (Å²) in [5.74, 6) is 1.95. The van der Waals surface area contributed by atoms with E-state index in [1.165, 1.54) is 32.1 Å². The standard InChI is InChI=1S/C17H29N3O/c1-13(2)11-18-12-15-10-16(21)20-17(19-15)14-8-6-4-3-5-7-9-14/h10,13-14,18H,3-9,11-12H2,1-2H3,(H,19,20,21). The summed E-state index contributed by atoms with van der Waals surface area (Å²) in [6.45, 7) is 5.99. The molecule has 1 saturated carbocycles. The number of hydrogen-bond acceptors (Lipinski definition) is 3. The van der Waals surface area contributed by atoms with E-state index < -0.39 is 0 Å². The molecule has 1 heterocycles. The van der Waals surface area contributed by atoms with Crippen molar-refractivity contribution in [3.8, 4) is 0 Å². The van der Waals surface area contributed by atoms with Gasteiger partial charge in [0.25, 0.3) is 5.56 Å². The molecule has 0 amide bonds. The van der Waals surface area contributed by atoms with Crippen LogP contribution in [0.3, 0.4) is 0 Å². The molecule has 1 aromatic rings. The average Bonchev–Trinajstić information content (AvgIpc) is 2.37. The Hall–Kier alpha value is -1.16. The van der Waals surface area contributed by atoms with Crippen LogP contribution in [0.15, 0.2) is 10.9 Å². The monoisotopic (exact) mass is 291 g/mol. The molecular formula is C17H29N3O. The highest BCUT2D eigenvalue weighted by molar-refractivity contribution is 5.06. The van der Waals surface area contributed by atoms with Gasteiger partial charge in [0.05, 0.1) is 5.69 Å². The predicted molar refractivity (Wildman–Crippen MR) is 86.5 cm³/mol. The van der Waals surface area contributed by atoms with E-state index in [2.05, 4.69) is 24.1 Å². The first-order valence-corrected chi connectivity index (χ1v) is 8.46. The number of nitrogens with one attached hydrogen (secondary N) is 2. The molecule has 0 bridgehead atoms. The lowest BCUT2D eigenvalue weighted by atomic mass is 9.90. The van der Waals surface area contributed by atoms with E-state index in [9.17, 15) is 4.79 Å². The molecule has 21 heavy (non-hydrogen) atoms. The van der Waals surface area contributed by atoms with E-state index in [0.717, 1.165) is 30.9 Å². The van der Waals surface area contributed by atoms with E-state index in [-0.39, 0.29) is 5.56 Å². The summed E-state index contributed by atoms with van der Waals surface area (Å²) in [5.41, 5.74) is 0.861. The van der Waals surface area contributed by atoms with Crippen LogP contribution < -0.4 is 10.9 Å². The van der Waals surface area contributed by atoms with E-state index >= 15 is 0 Å². The smallest absolute Gasteiger partial charge is 0.251 e. The van der Waals surface area contributed by atoms with Crippen LogP contribution in [-0.2, 0) is 6.54 Å². The molecule has 1 aliphatic carbocycles. The number of nitrogens with zero attached hydrogens (tertiary/aromatic N) is 1. The van der Waals surface area contributed by atoms with Crippen molar-refractivity contribution in [1.29, 1.82) is 0 Å². The topological polar surface area (TPSA) is 57.8 Å². The van der Waals surface area contributed by atoms with E-state index in [0.29, 0.717) is 18.4 Å². The van der Waals surface area contributed by atoms with Crippen molar-refractivity contribution in [2.75, 3.05) is 6.54 Å². The van der Waals surface area contributed by atoms with E-state index in [4.69, 9.17) is 4.98 Å². The van der Waals surface area contributed by atoms with Gasteiger partial charge in [-0.25, -0.2) is 4.98 Å².